The molecule has 1 saturated heterocycles. The molecule has 8 nitrogen and oxygen atoms in total. The molecule has 0 spiro atoms. The lowest BCUT2D eigenvalue weighted by Crippen LogP contribution is -2.50. The number of piperazine rings is 1. The van der Waals surface area contributed by atoms with E-state index in [4.69, 9.17) is 4.74 Å². The molecule has 1 aromatic carbocycles. The van der Waals surface area contributed by atoms with E-state index in [9.17, 15) is 14.7 Å². The molecule has 1 N–H and O–H groups in total. The first-order valence-corrected chi connectivity index (χ1v) is 8.93. The Morgan fingerprint density at radius 3 is 2.75 bits per heavy atom. The number of pyridine rings is 1. The zero-order valence-electron chi connectivity index (χ0n) is 15.4. The molecule has 0 bridgehead atoms. The van der Waals surface area contributed by atoms with E-state index >= 15 is 0 Å². The maximum atomic E-state index is 12.7. The standard InChI is InChI=1S/C20H20N4O4/c1-28-17-7-3-2-5-15(17)23-10-9-22(13-19(23)27)12-14-11-18(26)24-8-4-6-16(25)20(24)21-14/h2-8,11,25H,9-10,12-13H2,1H3. The summed E-state index contributed by atoms with van der Waals surface area (Å²) >= 11 is 0. The van der Waals surface area contributed by atoms with Gasteiger partial charge in [0.2, 0.25) is 5.91 Å². The fourth-order valence-corrected chi connectivity index (χ4v) is 3.43. The predicted molar refractivity (Wildman–Crippen MR) is 104 cm³/mol. The molecule has 4 rings (SSSR count). The van der Waals surface area contributed by atoms with Crippen molar-refractivity contribution in [2.75, 3.05) is 31.6 Å². The van der Waals surface area contributed by atoms with Crippen LogP contribution in [-0.4, -0.2) is 52.0 Å². The summed E-state index contributed by atoms with van der Waals surface area (Å²) in [4.78, 5) is 33.0. The molecule has 1 aliphatic heterocycles. The Labute approximate surface area is 161 Å². The lowest BCUT2D eigenvalue weighted by atomic mass is 10.2. The number of methoxy groups -OCH3 is 1. The zero-order valence-corrected chi connectivity index (χ0v) is 15.4. The summed E-state index contributed by atoms with van der Waals surface area (Å²) in [5.74, 6) is 0.554. The van der Waals surface area contributed by atoms with Crippen molar-refractivity contribution in [3.63, 3.8) is 0 Å². The third-order valence-corrected chi connectivity index (χ3v) is 4.78. The molecule has 8 heteroatoms. The third kappa shape index (κ3) is 3.29. The second-order valence-corrected chi connectivity index (χ2v) is 6.60. The number of fused-ring (bicyclic) bond motifs is 1. The molecule has 1 amide bonds. The fraction of sp³-hybridized carbons (Fsp3) is 0.250. The van der Waals surface area contributed by atoms with E-state index in [1.807, 2.05) is 29.2 Å². The van der Waals surface area contributed by atoms with Crippen LogP contribution in [0.2, 0.25) is 0 Å². The minimum atomic E-state index is -0.269. The Kier molecular flexibility index (Phi) is 4.70. The lowest BCUT2D eigenvalue weighted by Gasteiger charge is -2.34. The van der Waals surface area contributed by atoms with E-state index in [0.29, 0.717) is 31.1 Å². The lowest BCUT2D eigenvalue weighted by molar-refractivity contribution is -0.121. The van der Waals surface area contributed by atoms with Crippen molar-refractivity contribution in [1.82, 2.24) is 14.3 Å². The highest BCUT2D eigenvalue weighted by atomic mass is 16.5. The second kappa shape index (κ2) is 7.32. The Balaban J connectivity index is 1.53. The van der Waals surface area contributed by atoms with Crippen LogP contribution >= 0.6 is 0 Å². The highest BCUT2D eigenvalue weighted by molar-refractivity contribution is 5.96. The van der Waals surface area contributed by atoms with Gasteiger partial charge in [-0.15, -0.1) is 0 Å². The van der Waals surface area contributed by atoms with Crippen molar-refractivity contribution in [3.8, 4) is 11.5 Å². The molecule has 0 saturated carbocycles. The first-order chi connectivity index (χ1) is 13.6. The fourth-order valence-electron chi connectivity index (χ4n) is 3.43. The zero-order chi connectivity index (χ0) is 19.7. The minimum absolute atomic E-state index is 0.0453. The SMILES string of the molecule is COc1ccccc1N1CCN(Cc2cc(=O)n3cccc(O)c3n2)CC1=O. The van der Waals surface area contributed by atoms with Crippen LogP contribution in [0.1, 0.15) is 5.69 Å². The van der Waals surface area contributed by atoms with Gasteiger partial charge in [0.25, 0.3) is 5.56 Å². The molecule has 3 aromatic rings. The Bertz CT molecular complexity index is 1100. The number of rotatable bonds is 4. The average molecular weight is 380 g/mol. The normalized spacial score (nSPS) is 15.2. The minimum Gasteiger partial charge on any atom is -0.504 e. The van der Waals surface area contributed by atoms with Crippen molar-refractivity contribution in [3.05, 3.63) is 64.7 Å². The first kappa shape index (κ1) is 18.0. The van der Waals surface area contributed by atoms with Crippen LogP contribution in [0.15, 0.2) is 53.5 Å². The molecule has 28 heavy (non-hydrogen) atoms. The number of carbonyl (C=O) groups is 1. The number of aromatic hydroxyl groups is 1. The molecule has 0 radical (unpaired) electrons. The molecule has 1 fully saturated rings. The van der Waals surface area contributed by atoms with Crippen LogP contribution in [0.3, 0.4) is 0 Å². The van der Waals surface area contributed by atoms with Gasteiger partial charge in [-0.2, -0.15) is 0 Å². The maximum absolute atomic E-state index is 12.7. The van der Waals surface area contributed by atoms with Crippen LogP contribution in [0.25, 0.3) is 5.65 Å². The van der Waals surface area contributed by atoms with Crippen molar-refractivity contribution in [2.24, 2.45) is 0 Å². The molecule has 1 aliphatic rings. The van der Waals surface area contributed by atoms with Gasteiger partial charge in [-0.1, -0.05) is 12.1 Å². The molecule has 0 aliphatic carbocycles. The highest BCUT2D eigenvalue weighted by Gasteiger charge is 2.27. The number of nitrogens with zero attached hydrogens (tertiary/aromatic N) is 4. The van der Waals surface area contributed by atoms with Crippen molar-refractivity contribution >= 4 is 17.2 Å². The maximum Gasteiger partial charge on any atom is 0.258 e. The van der Waals surface area contributed by atoms with Crippen LogP contribution < -0.4 is 15.2 Å². The molecular formula is C20H20N4O4. The number of amides is 1. The van der Waals surface area contributed by atoms with Crippen molar-refractivity contribution in [1.29, 1.82) is 0 Å². The van der Waals surface area contributed by atoms with E-state index in [-0.39, 0.29) is 29.4 Å². The van der Waals surface area contributed by atoms with E-state index in [1.165, 1.54) is 16.5 Å². The Hall–Kier alpha value is -3.39. The summed E-state index contributed by atoms with van der Waals surface area (Å²) in [5.41, 5.74) is 1.21. The van der Waals surface area contributed by atoms with E-state index < -0.39 is 0 Å². The molecule has 0 atom stereocenters. The van der Waals surface area contributed by atoms with Gasteiger partial charge >= 0.3 is 0 Å². The van der Waals surface area contributed by atoms with Gasteiger partial charge in [0.05, 0.1) is 25.0 Å². The summed E-state index contributed by atoms with van der Waals surface area (Å²) in [6.07, 6.45) is 1.56. The molecule has 0 unspecified atom stereocenters. The smallest absolute Gasteiger partial charge is 0.258 e. The van der Waals surface area contributed by atoms with Gasteiger partial charge in [0.1, 0.15) is 5.75 Å². The predicted octanol–water partition coefficient (Wildman–Crippen LogP) is 1.26. The number of ether oxygens (including phenoxy) is 1. The van der Waals surface area contributed by atoms with Crippen LogP contribution in [0, 0.1) is 0 Å². The van der Waals surface area contributed by atoms with Gasteiger partial charge in [0, 0.05) is 31.9 Å². The van der Waals surface area contributed by atoms with Gasteiger partial charge in [-0.25, -0.2) is 4.98 Å². The van der Waals surface area contributed by atoms with Crippen LogP contribution in [0.5, 0.6) is 11.5 Å². The van der Waals surface area contributed by atoms with Crippen molar-refractivity contribution < 1.29 is 14.6 Å². The Morgan fingerprint density at radius 2 is 1.96 bits per heavy atom. The largest absolute Gasteiger partial charge is 0.504 e. The molecule has 2 aromatic heterocycles. The number of anilines is 1. The second-order valence-electron chi connectivity index (χ2n) is 6.60. The number of para-hydroxylation sites is 2. The number of hydrogen-bond acceptors (Lipinski definition) is 6. The van der Waals surface area contributed by atoms with Crippen molar-refractivity contribution in [2.45, 2.75) is 6.54 Å². The molecular weight excluding hydrogens is 360 g/mol. The topological polar surface area (TPSA) is 87.4 Å². The van der Waals surface area contributed by atoms with Gasteiger partial charge in [-0.3, -0.25) is 18.9 Å². The van der Waals surface area contributed by atoms with Crippen LogP contribution in [-0.2, 0) is 11.3 Å². The van der Waals surface area contributed by atoms with Gasteiger partial charge < -0.3 is 14.7 Å². The number of carbonyl (C=O) groups excluding carboxylic acids is 1. The van der Waals surface area contributed by atoms with E-state index in [1.54, 1.807) is 24.3 Å². The average Bonchev–Trinajstić information content (AvgIpc) is 2.69. The summed E-state index contributed by atoms with van der Waals surface area (Å²) in [5, 5.41) is 9.97. The van der Waals surface area contributed by atoms with Gasteiger partial charge in [-0.05, 0) is 24.3 Å². The third-order valence-electron chi connectivity index (χ3n) is 4.78. The number of benzene rings is 1. The highest BCUT2D eigenvalue weighted by Crippen LogP contribution is 2.29. The quantitative estimate of drug-likeness (QED) is 0.733. The molecule has 144 valence electrons. The van der Waals surface area contributed by atoms with Gasteiger partial charge in [0.15, 0.2) is 11.4 Å². The summed E-state index contributed by atoms with van der Waals surface area (Å²) in [6, 6.07) is 11.9. The summed E-state index contributed by atoms with van der Waals surface area (Å²) in [7, 11) is 1.58. The van der Waals surface area contributed by atoms with E-state index in [0.717, 1.165) is 5.69 Å². The van der Waals surface area contributed by atoms with Crippen LogP contribution in [0.4, 0.5) is 5.69 Å². The van der Waals surface area contributed by atoms with E-state index in [2.05, 4.69) is 4.98 Å². The molecule has 3 heterocycles. The monoisotopic (exact) mass is 380 g/mol. The Morgan fingerprint density at radius 1 is 1.14 bits per heavy atom. The first-order valence-electron chi connectivity index (χ1n) is 8.93. The summed E-state index contributed by atoms with van der Waals surface area (Å²) < 4.78 is 6.65. The summed E-state index contributed by atoms with van der Waals surface area (Å²) in [6.45, 7) is 1.70. The number of hydrogen-bond donors (Lipinski definition) is 1. The number of aromatic nitrogens is 2.